The molecule has 1 saturated carbocycles. The van der Waals surface area contributed by atoms with E-state index >= 15 is 0 Å². The summed E-state index contributed by atoms with van der Waals surface area (Å²) in [5.74, 6) is 0.0825. The number of carbonyl (C=O) groups excluding carboxylic acids is 1. The fourth-order valence-corrected chi connectivity index (χ4v) is 2.67. The van der Waals surface area contributed by atoms with Gasteiger partial charge in [-0.05, 0) is 31.6 Å². The molecule has 19 heavy (non-hydrogen) atoms. The summed E-state index contributed by atoms with van der Waals surface area (Å²) in [6.07, 6.45) is 5.34. The summed E-state index contributed by atoms with van der Waals surface area (Å²) in [6, 6.07) is 0.292. The van der Waals surface area contributed by atoms with Crippen molar-refractivity contribution in [1.82, 2.24) is 10.6 Å². The molecule has 0 aromatic rings. The minimum atomic E-state index is -0.212. The summed E-state index contributed by atoms with van der Waals surface area (Å²) in [5, 5.41) is 15.6. The first-order chi connectivity index (χ1) is 8.84. The van der Waals surface area contributed by atoms with Gasteiger partial charge >= 0.3 is 0 Å². The fraction of sp³-hybridized carbons (Fsp3) is 0.933. The first-order valence-electron chi connectivity index (χ1n) is 7.52. The van der Waals surface area contributed by atoms with Gasteiger partial charge in [-0.25, -0.2) is 0 Å². The molecule has 4 heteroatoms. The average Bonchev–Trinajstić information content (AvgIpc) is 2.79. The van der Waals surface area contributed by atoms with Crippen molar-refractivity contribution < 1.29 is 9.90 Å². The Labute approximate surface area is 117 Å². The van der Waals surface area contributed by atoms with E-state index in [-0.39, 0.29) is 30.0 Å². The van der Waals surface area contributed by atoms with Gasteiger partial charge in [-0.3, -0.25) is 4.79 Å². The highest BCUT2D eigenvalue weighted by molar-refractivity contribution is 5.81. The molecule has 4 nitrogen and oxygen atoms in total. The summed E-state index contributed by atoms with van der Waals surface area (Å²) in [4.78, 5) is 12.1. The van der Waals surface area contributed by atoms with E-state index in [1.165, 1.54) is 12.8 Å². The van der Waals surface area contributed by atoms with Gasteiger partial charge in [-0.2, -0.15) is 0 Å². The molecule has 3 N–H and O–H groups in total. The summed E-state index contributed by atoms with van der Waals surface area (Å²) in [6.45, 7) is 8.43. The third-order valence-corrected chi connectivity index (χ3v) is 4.01. The number of hydrogen-bond donors (Lipinski definition) is 3. The predicted molar refractivity (Wildman–Crippen MR) is 77.9 cm³/mol. The minimum absolute atomic E-state index is 0.0324. The summed E-state index contributed by atoms with van der Waals surface area (Å²) in [5.41, 5.74) is 0.0324. The molecule has 0 heterocycles. The highest BCUT2D eigenvalue weighted by Crippen LogP contribution is 2.22. The first-order valence-corrected chi connectivity index (χ1v) is 7.52. The van der Waals surface area contributed by atoms with E-state index in [0.29, 0.717) is 12.5 Å². The van der Waals surface area contributed by atoms with Gasteiger partial charge in [-0.1, -0.05) is 33.6 Å². The van der Waals surface area contributed by atoms with Crippen molar-refractivity contribution in [3.05, 3.63) is 0 Å². The molecule has 0 radical (unpaired) electrons. The summed E-state index contributed by atoms with van der Waals surface area (Å²) in [7, 11) is 0. The Morgan fingerprint density at radius 1 is 1.32 bits per heavy atom. The summed E-state index contributed by atoms with van der Waals surface area (Å²) >= 11 is 0. The second kappa shape index (κ2) is 7.25. The SMILES string of the molecule is CC(NC(CCO)C(C)(C)C)C(=O)NC1CCCC1. The van der Waals surface area contributed by atoms with Crippen molar-refractivity contribution >= 4 is 5.91 Å². The molecule has 2 unspecified atom stereocenters. The van der Waals surface area contributed by atoms with Crippen LogP contribution >= 0.6 is 0 Å². The number of hydrogen-bond acceptors (Lipinski definition) is 3. The standard InChI is InChI=1S/C15H30N2O2/c1-11(14(19)17-12-7-5-6-8-12)16-13(9-10-18)15(2,3)4/h11-13,16,18H,5-10H2,1-4H3,(H,17,19). The van der Waals surface area contributed by atoms with Crippen LogP contribution in [0.5, 0.6) is 0 Å². The van der Waals surface area contributed by atoms with E-state index in [9.17, 15) is 4.79 Å². The average molecular weight is 270 g/mol. The van der Waals surface area contributed by atoms with Crippen LogP contribution < -0.4 is 10.6 Å². The van der Waals surface area contributed by atoms with Crippen LogP contribution in [0.15, 0.2) is 0 Å². The second-order valence-electron chi connectivity index (χ2n) is 6.81. The molecule has 0 aliphatic heterocycles. The van der Waals surface area contributed by atoms with Gasteiger partial charge in [0.25, 0.3) is 0 Å². The van der Waals surface area contributed by atoms with Gasteiger partial charge in [0, 0.05) is 18.7 Å². The minimum Gasteiger partial charge on any atom is -0.396 e. The molecular formula is C15H30N2O2. The van der Waals surface area contributed by atoms with Gasteiger partial charge in [-0.15, -0.1) is 0 Å². The molecule has 0 aromatic carbocycles. The van der Waals surface area contributed by atoms with Crippen LogP contribution in [0.3, 0.4) is 0 Å². The maximum absolute atomic E-state index is 12.1. The zero-order valence-electron chi connectivity index (χ0n) is 12.8. The number of nitrogens with one attached hydrogen (secondary N) is 2. The number of aliphatic hydroxyl groups excluding tert-OH is 1. The third-order valence-electron chi connectivity index (χ3n) is 4.01. The first kappa shape index (κ1) is 16.4. The van der Waals surface area contributed by atoms with Gasteiger partial charge in [0.2, 0.25) is 5.91 Å². The molecule has 0 aromatic heterocycles. The quantitative estimate of drug-likeness (QED) is 0.690. The van der Waals surface area contributed by atoms with Crippen molar-refractivity contribution in [2.75, 3.05) is 6.61 Å². The molecule has 1 rings (SSSR count). The zero-order valence-corrected chi connectivity index (χ0v) is 12.8. The number of aliphatic hydroxyl groups is 1. The predicted octanol–water partition coefficient (Wildman–Crippen LogP) is 1.82. The van der Waals surface area contributed by atoms with Crippen LogP contribution in [-0.2, 0) is 4.79 Å². The van der Waals surface area contributed by atoms with E-state index in [0.717, 1.165) is 12.8 Å². The summed E-state index contributed by atoms with van der Waals surface area (Å²) < 4.78 is 0. The van der Waals surface area contributed by atoms with Crippen LogP contribution in [0.25, 0.3) is 0 Å². The molecule has 0 saturated heterocycles. The van der Waals surface area contributed by atoms with Gasteiger partial charge in [0.05, 0.1) is 6.04 Å². The molecule has 1 fully saturated rings. The lowest BCUT2D eigenvalue weighted by atomic mass is 9.84. The van der Waals surface area contributed by atoms with Crippen molar-refractivity contribution in [1.29, 1.82) is 0 Å². The van der Waals surface area contributed by atoms with Gasteiger partial charge in [0.1, 0.15) is 0 Å². The van der Waals surface area contributed by atoms with Crippen LogP contribution in [0.1, 0.15) is 59.8 Å². The lowest BCUT2D eigenvalue weighted by Crippen LogP contribution is -2.52. The van der Waals surface area contributed by atoms with E-state index in [1.807, 2.05) is 6.92 Å². The lowest BCUT2D eigenvalue weighted by molar-refractivity contribution is -0.123. The van der Waals surface area contributed by atoms with E-state index < -0.39 is 0 Å². The fourth-order valence-electron chi connectivity index (χ4n) is 2.67. The Bertz CT molecular complexity index is 280. The second-order valence-corrected chi connectivity index (χ2v) is 6.81. The van der Waals surface area contributed by atoms with Crippen molar-refractivity contribution in [3.63, 3.8) is 0 Å². The maximum Gasteiger partial charge on any atom is 0.237 e. The van der Waals surface area contributed by atoms with Crippen molar-refractivity contribution in [2.24, 2.45) is 5.41 Å². The van der Waals surface area contributed by atoms with Gasteiger partial charge < -0.3 is 15.7 Å². The van der Waals surface area contributed by atoms with E-state index in [2.05, 4.69) is 31.4 Å². The Kier molecular flexibility index (Phi) is 6.27. The molecule has 1 aliphatic carbocycles. The smallest absolute Gasteiger partial charge is 0.237 e. The van der Waals surface area contributed by atoms with Crippen LogP contribution in [0, 0.1) is 5.41 Å². The Morgan fingerprint density at radius 2 is 1.89 bits per heavy atom. The Hall–Kier alpha value is -0.610. The highest BCUT2D eigenvalue weighted by atomic mass is 16.3. The molecule has 112 valence electrons. The van der Waals surface area contributed by atoms with Gasteiger partial charge in [0.15, 0.2) is 0 Å². The topological polar surface area (TPSA) is 61.4 Å². The number of amides is 1. The normalized spacial score (nSPS) is 20.3. The van der Waals surface area contributed by atoms with E-state index in [1.54, 1.807) is 0 Å². The monoisotopic (exact) mass is 270 g/mol. The Morgan fingerprint density at radius 3 is 2.37 bits per heavy atom. The Balaban J connectivity index is 2.46. The molecule has 1 amide bonds. The zero-order chi connectivity index (χ0) is 14.5. The maximum atomic E-state index is 12.1. The molecule has 0 bridgehead atoms. The number of carbonyl (C=O) groups is 1. The van der Waals surface area contributed by atoms with Crippen LogP contribution in [0.4, 0.5) is 0 Å². The van der Waals surface area contributed by atoms with Crippen molar-refractivity contribution in [3.8, 4) is 0 Å². The molecule has 1 aliphatic rings. The van der Waals surface area contributed by atoms with Crippen LogP contribution in [-0.4, -0.2) is 35.7 Å². The highest BCUT2D eigenvalue weighted by Gasteiger charge is 2.28. The molecule has 2 atom stereocenters. The molecule has 0 spiro atoms. The number of rotatable bonds is 6. The van der Waals surface area contributed by atoms with E-state index in [4.69, 9.17) is 5.11 Å². The molecular weight excluding hydrogens is 240 g/mol. The largest absolute Gasteiger partial charge is 0.396 e. The third kappa shape index (κ3) is 5.49. The lowest BCUT2D eigenvalue weighted by Gasteiger charge is -2.33. The van der Waals surface area contributed by atoms with Crippen molar-refractivity contribution in [2.45, 2.75) is 77.9 Å². The van der Waals surface area contributed by atoms with Crippen LogP contribution in [0.2, 0.25) is 0 Å².